The van der Waals surface area contributed by atoms with Gasteiger partial charge in [-0.05, 0) is 66.9 Å². The van der Waals surface area contributed by atoms with Crippen LogP contribution in [0, 0.1) is 0 Å². The Morgan fingerprint density at radius 2 is 0.706 bits per heavy atom. The van der Waals surface area contributed by atoms with Gasteiger partial charge in [0.2, 0.25) is 0 Å². The first kappa shape index (κ1) is 46.6. The molecular formula is C54H46Br3N3O8. The van der Waals surface area contributed by atoms with Crippen LogP contribution < -0.4 is 28.4 Å². The van der Waals surface area contributed by atoms with Crippen molar-refractivity contribution in [3.63, 3.8) is 0 Å². The summed E-state index contributed by atoms with van der Waals surface area (Å²) >= 11 is 10.9. The number of fused-ring (bicyclic) bond motifs is 3. The van der Waals surface area contributed by atoms with Gasteiger partial charge in [0.25, 0.3) is 0 Å². The predicted octanol–water partition coefficient (Wildman–Crippen LogP) is 14.1. The van der Waals surface area contributed by atoms with Crippen LogP contribution in [0.25, 0.3) is 66.1 Å². The fourth-order valence-electron chi connectivity index (χ4n) is 9.59. The lowest BCUT2D eigenvalue weighted by Crippen LogP contribution is -2.00. The number of Topliss-reactive ketones (excluding diaryl/α,β-unsaturated/α-hetero) is 2. The van der Waals surface area contributed by atoms with Crippen molar-refractivity contribution in [2.45, 2.75) is 26.7 Å². The van der Waals surface area contributed by atoms with Gasteiger partial charge < -0.3 is 43.4 Å². The highest BCUT2D eigenvalue weighted by Crippen LogP contribution is 2.50. The molecule has 9 aromatic rings. The van der Waals surface area contributed by atoms with Crippen molar-refractivity contribution in [2.24, 2.45) is 0 Å². The first-order valence-electron chi connectivity index (χ1n) is 21.5. The number of hydrogen-bond acceptors (Lipinski definition) is 8. The third kappa shape index (κ3) is 8.01. The Balaban J connectivity index is 1.37. The van der Waals surface area contributed by atoms with Crippen molar-refractivity contribution in [2.75, 3.05) is 42.7 Å². The third-order valence-electron chi connectivity index (χ3n) is 12.5. The zero-order valence-electron chi connectivity index (χ0n) is 38.5. The van der Waals surface area contributed by atoms with E-state index in [-0.39, 0.29) is 11.6 Å². The van der Waals surface area contributed by atoms with Crippen LogP contribution in [0.4, 0.5) is 0 Å². The number of rotatable bonds is 15. The van der Waals surface area contributed by atoms with Crippen LogP contribution in [-0.4, -0.2) is 69.2 Å². The van der Waals surface area contributed by atoms with Crippen LogP contribution in [0.3, 0.4) is 0 Å². The summed E-state index contributed by atoms with van der Waals surface area (Å²) in [5, 5.41) is 2.35. The maximum atomic E-state index is 13.5. The minimum atomic E-state index is -0.159. The Hall–Kier alpha value is -6.48. The van der Waals surface area contributed by atoms with Crippen molar-refractivity contribution in [1.82, 2.24) is 15.0 Å². The summed E-state index contributed by atoms with van der Waals surface area (Å²) in [5.41, 5.74) is 11.6. The quantitative estimate of drug-likeness (QED) is 0.0864. The van der Waals surface area contributed by atoms with E-state index in [1.807, 2.05) is 66.7 Å². The number of H-pyrrole nitrogens is 3. The second-order valence-corrected chi connectivity index (χ2v) is 19.0. The van der Waals surface area contributed by atoms with Gasteiger partial charge in [-0.2, -0.15) is 0 Å². The molecule has 6 aromatic carbocycles. The highest BCUT2D eigenvalue weighted by molar-refractivity contribution is 9.11. The summed E-state index contributed by atoms with van der Waals surface area (Å²) < 4.78 is 38.9. The highest BCUT2D eigenvalue weighted by Gasteiger charge is 2.30. The number of nitrogens with one attached hydrogen (secondary N) is 3. The monoisotopic (exact) mass is 1100 g/mol. The average molecular weight is 1100 g/mol. The Labute approximate surface area is 417 Å². The van der Waals surface area contributed by atoms with Gasteiger partial charge in [0.05, 0.1) is 86.5 Å². The van der Waals surface area contributed by atoms with E-state index in [1.54, 1.807) is 54.8 Å². The minimum absolute atomic E-state index is 0.154. The molecule has 0 saturated carbocycles. The summed E-state index contributed by atoms with van der Waals surface area (Å²) in [6, 6.07) is 29.8. The molecule has 0 spiro atoms. The molecule has 9 rings (SSSR count). The van der Waals surface area contributed by atoms with E-state index in [4.69, 9.17) is 28.4 Å². The average Bonchev–Trinajstić information content (AvgIpc) is 4.03. The molecule has 3 aromatic heterocycles. The molecular weight excluding hydrogens is 1060 g/mol. The molecule has 0 aliphatic carbocycles. The van der Waals surface area contributed by atoms with Gasteiger partial charge in [0.15, 0.2) is 11.6 Å². The molecule has 0 saturated heterocycles. The molecule has 68 heavy (non-hydrogen) atoms. The van der Waals surface area contributed by atoms with Gasteiger partial charge in [0, 0.05) is 83.8 Å². The summed E-state index contributed by atoms with van der Waals surface area (Å²) in [6.45, 7) is 3.07. The zero-order chi connectivity index (χ0) is 48.1. The SMILES string of the molecule is COc1cc(OC)c2c(-c3ccc(Br)cc3)c(Cc3[nH]c4c(C(C)=O)c(OC)cc(OC)c4c3-c3ccc(Br)cc3)[nH]c2c1Cc1[nH]c2c(C(C)=O)c(OC)cc(OC)c2c1-c1ccc(Br)cc1. The van der Waals surface area contributed by atoms with Crippen molar-refractivity contribution >= 4 is 92.1 Å². The summed E-state index contributed by atoms with van der Waals surface area (Å²) in [4.78, 5) is 38.3. The molecule has 0 bridgehead atoms. The van der Waals surface area contributed by atoms with E-state index in [0.29, 0.717) is 69.5 Å². The summed E-state index contributed by atoms with van der Waals surface area (Å²) in [7, 11) is 9.63. The molecule has 0 fully saturated rings. The number of ketones is 2. The van der Waals surface area contributed by atoms with Crippen LogP contribution >= 0.6 is 47.8 Å². The fourth-order valence-corrected chi connectivity index (χ4v) is 10.4. The van der Waals surface area contributed by atoms with Crippen LogP contribution in [0.1, 0.15) is 57.2 Å². The number of halogens is 3. The van der Waals surface area contributed by atoms with Crippen LogP contribution in [-0.2, 0) is 12.8 Å². The number of benzene rings is 6. The first-order valence-corrected chi connectivity index (χ1v) is 23.9. The van der Waals surface area contributed by atoms with Gasteiger partial charge in [-0.15, -0.1) is 0 Å². The van der Waals surface area contributed by atoms with Crippen LogP contribution in [0.5, 0.6) is 34.5 Å². The Kier molecular flexibility index (Phi) is 13.0. The molecule has 14 heteroatoms. The number of carbonyl (C=O) groups is 2. The van der Waals surface area contributed by atoms with Crippen molar-refractivity contribution in [3.05, 3.63) is 138 Å². The van der Waals surface area contributed by atoms with E-state index >= 15 is 0 Å². The lowest BCUT2D eigenvalue weighted by molar-refractivity contribution is 0.100. The van der Waals surface area contributed by atoms with E-state index in [1.165, 1.54) is 13.8 Å². The van der Waals surface area contributed by atoms with Crippen LogP contribution in [0.15, 0.2) is 104 Å². The van der Waals surface area contributed by atoms with Crippen LogP contribution in [0.2, 0.25) is 0 Å². The maximum absolute atomic E-state index is 13.5. The molecule has 0 unspecified atom stereocenters. The van der Waals surface area contributed by atoms with E-state index in [0.717, 1.165) is 91.1 Å². The normalized spacial score (nSPS) is 11.4. The largest absolute Gasteiger partial charge is 0.496 e. The number of aromatic nitrogens is 3. The van der Waals surface area contributed by atoms with Crippen molar-refractivity contribution in [3.8, 4) is 67.9 Å². The maximum Gasteiger partial charge on any atom is 0.165 e. The topological polar surface area (TPSA) is 137 Å². The van der Waals surface area contributed by atoms with Gasteiger partial charge >= 0.3 is 0 Å². The van der Waals surface area contributed by atoms with Gasteiger partial charge in [-0.3, -0.25) is 9.59 Å². The number of aromatic amines is 3. The summed E-state index contributed by atoms with van der Waals surface area (Å²) in [5.74, 6) is 2.80. The molecule has 0 atom stereocenters. The standard InChI is InChI=1S/C54H46Br3N3O8/c1-26(61)44-39(64-4)24-42(67-7)50-46(28-9-15-31(55)16-10-28)35(59-53(44)50)21-34-38(63-3)23-41(66-6)49-47(29-11-17-32(56)18-12-29)36(58-52(34)49)22-37-48(30-13-19-33(57)20-14-30)51-43(68-8)25-40(65-5)45(27(2)62)54(51)60-37/h9-20,23-25,58-60H,21-22H2,1-8H3. The molecule has 346 valence electrons. The Morgan fingerprint density at radius 1 is 0.412 bits per heavy atom. The van der Waals surface area contributed by atoms with Gasteiger partial charge in [-0.25, -0.2) is 0 Å². The molecule has 0 amide bonds. The number of ether oxygens (including phenoxy) is 6. The molecule has 0 aliphatic heterocycles. The van der Waals surface area contributed by atoms with Gasteiger partial charge in [0.1, 0.15) is 34.5 Å². The predicted molar refractivity (Wildman–Crippen MR) is 279 cm³/mol. The van der Waals surface area contributed by atoms with Gasteiger partial charge in [-0.1, -0.05) is 84.2 Å². The highest BCUT2D eigenvalue weighted by atomic mass is 79.9. The number of methoxy groups -OCH3 is 6. The molecule has 0 radical (unpaired) electrons. The minimum Gasteiger partial charge on any atom is -0.496 e. The molecule has 0 aliphatic rings. The van der Waals surface area contributed by atoms with Crippen molar-refractivity contribution < 1.29 is 38.0 Å². The van der Waals surface area contributed by atoms with E-state index in [9.17, 15) is 9.59 Å². The number of carbonyl (C=O) groups excluding carboxylic acids is 2. The first-order chi connectivity index (χ1) is 32.8. The third-order valence-corrected chi connectivity index (χ3v) is 14.1. The van der Waals surface area contributed by atoms with E-state index < -0.39 is 0 Å². The Morgan fingerprint density at radius 3 is 1.03 bits per heavy atom. The molecule has 3 N–H and O–H groups in total. The number of hydrogen-bond donors (Lipinski definition) is 3. The zero-order valence-corrected chi connectivity index (χ0v) is 43.2. The summed E-state index contributed by atoms with van der Waals surface area (Å²) in [6.07, 6.45) is 0.672. The Bertz CT molecular complexity index is 3440. The lowest BCUT2D eigenvalue weighted by Gasteiger charge is -2.15. The second-order valence-electron chi connectivity index (χ2n) is 16.2. The molecule has 11 nitrogen and oxygen atoms in total. The smallest absolute Gasteiger partial charge is 0.165 e. The van der Waals surface area contributed by atoms with Crippen molar-refractivity contribution in [1.29, 1.82) is 0 Å². The molecule has 3 heterocycles. The second kappa shape index (κ2) is 18.9. The lowest BCUT2D eigenvalue weighted by atomic mass is 9.93. The van der Waals surface area contributed by atoms with E-state index in [2.05, 4.69) is 74.9 Å². The fraction of sp³-hybridized carbons (Fsp3) is 0.185.